The van der Waals surface area contributed by atoms with Gasteiger partial charge in [-0.15, -0.1) is 0 Å². The number of pyridine rings is 1. The second-order valence-corrected chi connectivity index (χ2v) is 3.64. The molecule has 14 heavy (non-hydrogen) atoms. The zero-order valence-corrected chi connectivity index (χ0v) is 8.07. The number of ketones is 1. The van der Waals surface area contributed by atoms with E-state index in [0.717, 1.165) is 13.0 Å². The second-order valence-electron chi connectivity index (χ2n) is 3.64. The largest absolute Gasteiger partial charge is 0.314 e. The van der Waals surface area contributed by atoms with Crippen LogP contribution in [-0.2, 0) is 0 Å². The minimum atomic E-state index is 0.144. The van der Waals surface area contributed by atoms with Gasteiger partial charge in [-0.3, -0.25) is 9.78 Å². The molecule has 1 aliphatic rings. The van der Waals surface area contributed by atoms with Gasteiger partial charge in [0.2, 0.25) is 0 Å². The minimum absolute atomic E-state index is 0.144. The molecule has 0 saturated carbocycles. The number of hydrogen-bond acceptors (Lipinski definition) is 3. The number of rotatable bonds is 3. The number of carbonyl (C=O) groups excluding carboxylic acids is 1. The Labute approximate surface area is 83.5 Å². The first-order valence-corrected chi connectivity index (χ1v) is 5.04. The lowest BCUT2D eigenvalue weighted by molar-refractivity contribution is 0.0967. The van der Waals surface area contributed by atoms with E-state index >= 15 is 0 Å². The molecule has 1 aromatic rings. The summed E-state index contributed by atoms with van der Waals surface area (Å²) in [6.07, 6.45) is 4.53. The summed E-state index contributed by atoms with van der Waals surface area (Å²) in [4.78, 5) is 15.7. The monoisotopic (exact) mass is 190 g/mol. The lowest BCUT2D eigenvalue weighted by atomic mass is 10.1. The van der Waals surface area contributed by atoms with E-state index in [1.807, 2.05) is 12.1 Å². The number of aromatic nitrogens is 1. The third-order valence-electron chi connectivity index (χ3n) is 2.54. The second kappa shape index (κ2) is 4.33. The Bertz CT molecular complexity index is 304. The van der Waals surface area contributed by atoms with Gasteiger partial charge in [-0.25, -0.2) is 0 Å². The van der Waals surface area contributed by atoms with Crippen LogP contribution in [-0.4, -0.2) is 23.4 Å². The molecule has 0 bridgehead atoms. The fourth-order valence-electron chi connectivity index (χ4n) is 1.79. The predicted octanol–water partition coefficient (Wildman–Crippen LogP) is 1.41. The number of nitrogens with one attached hydrogen (secondary N) is 1. The molecule has 0 aliphatic carbocycles. The Balaban J connectivity index is 1.95. The molecule has 1 aliphatic heterocycles. The summed E-state index contributed by atoms with van der Waals surface area (Å²) in [6.45, 7) is 1.04. The SMILES string of the molecule is O=C(CC1CCCN1)c1ccccn1. The zero-order chi connectivity index (χ0) is 9.80. The molecule has 0 radical (unpaired) electrons. The van der Waals surface area contributed by atoms with Crippen molar-refractivity contribution in [1.29, 1.82) is 0 Å². The molecule has 3 heteroatoms. The van der Waals surface area contributed by atoms with Crippen LogP contribution in [0.5, 0.6) is 0 Å². The molecular weight excluding hydrogens is 176 g/mol. The van der Waals surface area contributed by atoms with E-state index in [1.165, 1.54) is 6.42 Å². The van der Waals surface area contributed by atoms with Crippen LogP contribution in [0.25, 0.3) is 0 Å². The fraction of sp³-hybridized carbons (Fsp3) is 0.455. The van der Waals surface area contributed by atoms with Crippen LogP contribution >= 0.6 is 0 Å². The van der Waals surface area contributed by atoms with E-state index in [1.54, 1.807) is 12.3 Å². The molecule has 0 amide bonds. The van der Waals surface area contributed by atoms with E-state index in [0.29, 0.717) is 18.2 Å². The molecule has 1 atom stereocenters. The number of hydrogen-bond donors (Lipinski definition) is 1. The molecule has 1 aromatic heterocycles. The summed E-state index contributed by atoms with van der Waals surface area (Å²) in [5.41, 5.74) is 0.584. The van der Waals surface area contributed by atoms with Gasteiger partial charge in [0, 0.05) is 18.7 Å². The van der Waals surface area contributed by atoms with Crippen molar-refractivity contribution in [2.75, 3.05) is 6.54 Å². The Morgan fingerprint density at radius 1 is 1.57 bits per heavy atom. The Morgan fingerprint density at radius 2 is 2.50 bits per heavy atom. The average Bonchev–Trinajstić information content (AvgIpc) is 2.72. The van der Waals surface area contributed by atoms with E-state index in [4.69, 9.17) is 0 Å². The quantitative estimate of drug-likeness (QED) is 0.733. The summed E-state index contributed by atoms with van der Waals surface area (Å²) in [5, 5.41) is 3.31. The van der Waals surface area contributed by atoms with Gasteiger partial charge in [-0.05, 0) is 31.5 Å². The number of nitrogens with zero attached hydrogens (tertiary/aromatic N) is 1. The van der Waals surface area contributed by atoms with Crippen LogP contribution in [0, 0.1) is 0 Å². The number of Topliss-reactive ketones (excluding diaryl/α,β-unsaturated/α-hetero) is 1. The third-order valence-corrected chi connectivity index (χ3v) is 2.54. The van der Waals surface area contributed by atoms with Gasteiger partial charge in [0.1, 0.15) is 5.69 Å². The Hall–Kier alpha value is -1.22. The summed E-state index contributed by atoms with van der Waals surface area (Å²) in [5.74, 6) is 0.144. The van der Waals surface area contributed by atoms with E-state index in [9.17, 15) is 4.79 Å². The number of carbonyl (C=O) groups is 1. The highest BCUT2D eigenvalue weighted by Crippen LogP contribution is 2.11. The maximum atomic E-state index is 11.7. The van der Waals surface area contributed by atoms with Crippen molar-refractivity contribution in [3.63, 3.8) is 0 Å². The molecule has 1 saturated heterocycles. The van der Waals surface area contributed by atoms with Gasteiger partial charge in [-0.2, -0.15) is 0 Å². The standard InChI is InChI=1S/C11H14N2O/c14-11(8-9-4-3-7-12-9)10-5-1-2-6-13-10/h1-2,5-6,9,12H,3-4,7-8H2. The minimum Gasteiger partial charge on any atom is -0.314 e. The third kappa shape index (κ3) is 2.17. The first-order valence-electron chi connectivity index (χ1n) is 5.04. The van der Waals surface area contributed by atoms with Crippen molar-refractivity contribution >= 4 is 5.78 Å². The van der Waals surface area contributed by atoms with Gasteiger partial charge in [0.05, 0.1) is 0 Å². The van der Waals surface area contributed by atoms with Crippen molar-refractivity contribution in [2.24, 2.45) is 0 Å². The van der Waals surface area contributed by atoms with Crippen molar-refractivity contribution < 1.29 is 4.79 Å². The normalized spacial score (nSPS) is 21.0. The highest BCUT2D eigenvalue weighted by Gasteiger charge is 2.18. The van der Waals surface area contributed by atoms with Gasteiger partial charge < -0.3 is 5.32 Å². The van der Waals surface area contributed by atoms with Crippen LogP contribution in [0.15, 0.2) is 24.4 Å². The molecule has 2 rings (SSSR count). The van der Waals surface area contributed by atoms with Gasteiger partial charge in [-0.1, -0.05) is 6.07 Å². The molecule has 74 valence electrons. The van der Waals surface area contributed by atoms with Crippen LogP contribution < -0.4 is 5.32 Å². The summed E-state index contributed by atoms with van der Waals surface area (Å²) >= 11 is 0. The molecule has 3 nitrogen and oxygen atoms in total. The lowest BCUT2D eigenvalue weighted by Crippen LogP contribution is -2.24. The molecule has 1 N–H and O–H groups in total. The fourth-order valence-corrected chi connectivity index (χ4v) is 1.79. The Morgan fingerprint density at radius 3 is 3.14 bits per heavy atom. The highest BCUT2D eigenvalue weighted by molar-refractivity contribution is 5.94. The van der Waals surface area contributed by atoms with Crippen molar-refractivity contribution in [2.45, 2.75) is 25.3 Å². The van der Waals surface area contributed by atoms with Gasteiger partial charge >= 0.3 is 0 Å². The van der Waals surface area contributed by atoms with Gasteiger partial charge in [0.25, 0.3) is 0 Å². The van der Waals surface area contributed by atoms with E-state index in [-0.39, 0.29) is 5.78 Å². The molecule has 0 spiro atoms. The molecule has 1 unspecified atom stereocenters. The van der Waals surface area contributed by atoms with Crippen LogP contribution in [0.2, 0.25) is 0 Å². The molecular formula is C11H14N2O. The molecule has 1 fully saturated rings. The summed E-state index contributed by atoms with van der Waals surface area (Å²) in [6, 6.07) is 5.81. The molecule has 2 heterocycles. The van der Waals surface area contributed by atoms with E-state index < -0.39 is 0 Å². The predicted molar refractivity (Wildman–Crippen MR) is 54.2 cm³/mol. The topological polar surface area (TPSA) is 42.0 Å². The first kappa shape index (κ1) is 9.34. The van der Waals surface area contributed by atoms with Crippen LogP contribution in [0.3, 0.4) is 0 Å². The average molecular weight is 190 g/mol. The van der Waals surface area contributed by atoms with Gasteiger partial charge in [0.15, 0.2) is 5.78 Å². The van der Waals surface area contributed by atoms with E-state index in [2.05, 4.69) is 10.3 Å². The highest BCUT2D eigenvalue weighted by atomic mass is 16.1. The van der Waals surface area contributed by atoms with Crippen LogP contribution in [0.1, 0.15) is 29.8 Å². The van der Waals surface area contributed by atoms with Crippen LogP contribution in [0.4, 0.5) is 0 Å². The first-order chi connectivity index (χ1) is 6.86. The zero-order valence-electron chi connectivity index (χ0n) is 8.07. The van der Waals surface area contributed by atoms with Crippen molar-refractivity contribution in [3.8, 4) is 0 Å². The molecule has 0 aromatic carbocycles. The maximum absolute atomic E-state index is 11.7. The summed E-state index contributed by atoms with van der Waals surface area (Å²) < 4.78 is 0. The van der Waals surface area contributed by atoms with Crippen molar-refractivity contribution in [1.82, 2.24) is 10.3 Å². The maximum Gasteiger partial charge on any atom is 0.182 e. The van der Waals surface area contributed by atoms with Crippen molar-refractivity contribution in [3.05, 3.63) is 30.1 Å². The Kier molecular flexibility index (Phi) is 2.89. The summed E-state index contributed by atoms with van der Waals surface area (Å²) in [7, 11) is 0. The smallest absolute Gasteiger partial charge is 0.182 e. The lowest BCUT2D eigenvalue weighted by Gasteiger charge is -2.07.